The van der Waals surface area contributed by atoms with Crippen LogP contribution in [-0.4, -0.2) is 31.6 Å². The predicted octanol–water partition coefficient (Wildman–Crippen LogP) is 2.30. The molecule has 3 atom stereocenters. The van der Waals surface area contributed by atoms with E-state index in [0.717, 1.165) is 17.8 Å². The molecule has 0 spiro atoms. The third-order valence-electron chi connectivity index (χ3n) is 6.49. The first-order chi connectivity index (χ1) is 15.2. The van der Waals surface area contributed by atoms with Gasteiger partial charge in [-0.3, -0.25) is 9.78 Å². The Morgan fingerprint density at radius 1 is 1.22 bits per heavy atom. The Balaban J connectivity index is 1.34. The summed E-state index contributed by atoms with van der Waals surface area (Å²) in [5.74, 6) is 1.04. The molecular weight excluding hydrogens is 424 g/mol. The van der Waals surface area contributed by atoms with Gasteiger partial charge in [-0.05, 0) is 36.0 Å². The summed E-state index contributed by atoms with van der Waals surface area (Å²) in [7, 11) is 0. The predicted molar refractivity (Wildman–Crippen MR) is 107 cm³/mol. The monoisotopic (exact) mass is 441 g/mol. The maximum Gasteiger partial charge on any atom is 0.586 e. The molecule has 1 saturated carbocycles. The zero-order chi connectivity index (χ0) is 22.3. The van der Waals surface area contributed by atoms with Crippen molar-refractivity contribution in [2.45, 2.75) is 37.4 Å². The third kappa shape index (κ3) is 2.80. The number of hydrogen-bond donors (Lipinski definition) is 2. The van der Waals surface area contributed by atoms with E-state index in [2.05, 4.69) is 36.5 Å². The van der Waals surface area contributed by atoms with E-state index in [1.807, 2.05) is 0 Å². The van der Waals surface area contributed by atoms with Gasteiger partial charge < -0.3 is 14.5 Å². The van der Waals surface area contributed by atoms with Gasteiger partial charge in [-0.1, -0.05) is 13.0 Å². The summed E-state index contributed by atoms with van der Waals surface area (Å²) in [5.41, 5.74) is 0.137. The van der Waals surface area contributed by atoms with E-state index in [1.165, 1.54) is 12.3 Å². The molecule has 2 N–H and O–H groups in total. The Hall–Kier alpha value is -3.76. The largest absolute Gasteiger partial charge is 0.586 e. The minimum Gasteiger partial charge on any atom is -0.395 e. The van der Waals surface area contributed by atoms with Crippen LogP contribution in [0.1, 0.15) is 42.6 Å². The number of aromatic nitrogens is 4. The molecule has 1 unspecified atom stereocenters. The maximum atomic E-state index is 13.4. The lowest BCUT2D eigenvalue weighted by molar-refractivity contribution is -0.286. The number of alkyl halides is 2. The number of imidazole rings is 1. The first-order valence-corrected chi connectivity index (χ1v) is 10.1. The number of nitrogens with zero attached hydrogens (tertiary/aromatic N) is 3. The Kier molecular flexibility index (Phi) is 3.64. The van der Waals surface area contributed by atoms with E-state index in [-0.39, 0.29) is 28.9 Å². The van der Waals surface area contributed by atoms with Crippen LogP contribution in [0.2, 0.25) is 0 Å². The molecule has 3 aliphatic rings. The molecule has 1 aromatic carbocycles. The molecule has 2 aromatic heterocycles. The molecule has 164 valence electrons. The van der Waals surface area contributed by atoms with E-state index in [9.17, 15) is 18.4 Å². The third-order valence-corrected chi connectivity index (χ3v) is 6.49. The van der Waals surface area contributed by atoms with Crippen molar-refractivity contribution in [3.63, 3.8) is 0 Å². The fraction of sp³-hybridized carbons (Fsp3) is 0.333. The van der Waals surface area contributed by atoms with Gasteiger partial charge in [-0.2, -0.15) is 5.10 Å². The molecule has 1 fully saturated rings. The van der Waals surface area contributed by atoms with Crippen molar-refractivity contribution >= 4 is 5.71 Å². The molecule has 0 saturated heterocycles. The summed E-state index contributed by atoms with van der Waals surface area (Å²) < 4.78 is 37.5. The molecule has 2 aliphatic heterocycles. The quantitative estimate of drug-likeness (QED) is 0.647. The summed E-state index contributed by atoms with van der Waals surface area (Å²) in [6, 6.07) is 4.87. The van der Waals surface area contributed by atoms with Gasteiger partial charge in [0.1, 0.15) is 5.82 Å². The standard InChI is InChI=1S/C21H17F2N5O4/c1-20(13-7-11(13)10-2-3-15-16(6-10)32-21(22,23)31-15)8-14(27-28-5-4-24-18(20)28)12-9-25-19(30)26-17(12)29/h2-6,9,11,13H,7-8H2,1H3,(H2,25,26,29,30)/t11-,13+,20?/m1/s1. The topological polar surface area (TPSA) is 114 Å². The van der Waals surface area contributed by atoms with Gasteiger partial charge >= 0.3 is 12.0 Å². The Labute approximate surface area is 178 Å². The number of H-pyrrole nitrogens is 2. The van der Waals surface area contributed by atoms with Crippen LogP contribution in [0.4, 0.5) is 8.78 Å². The van der Waals surface area contributed by atoms with Gasteiger partial charge in [-0.15, -0.1) is 8.78 Å². The van der Waals surface area contributed by atoms with Crippen molar-refractivity contribution in [1.82, 2.24) is 19.6 Å². The van der Waals surface area contributed by atoms with Crippen LogP contribution in [0.15, 0.2) is 51.5 Å². The number of benzene rings is 1. The highest BCUT2D eigenvalue weighted by molar-refractivity contribution is 6.01. The first kappa shape index (κ1) is 19.0. The number of rotatable bonds is 3. The van der Waals surface area contributed by atoms with Gasteiger partial charge in [0.25, 0.3) is 5.56 Å². The van der Waals surface area contributed by atoms with Crippen LogP contribution in [0.25, 0.3) is 0 Å². The van der Waals surface area contributed by atoms with Crippen LogP contribution in [0, 0.1) is 5.92 Å². The van der Waals surface area contributed by atoms with Crippen molar-refractivity contribution in [2.24, 2.45) is 11.0 Å². The Morgan fingerprint density at radius 2 is 2.03 bits per heavy atom. The highest BCUT2D eigenvalue weighted by atomic mass is 19.3. The zero-order valence-electron chi connectivity index (χ0n) is 16.8. The van der Waals surface area contributed by atoms with Crippen molar-refractivity contribution in [3.8, 4) is 11.5 Å². The molecule has 0 radical (unpaired) electrons. The molecule has 0 bridgehead atoms. The Morgan fingerprint density at radius 3 is 2.84 bits per heavy atom. The smallest absolute Gasteiger partial charge is 0.395 e. The van der Waals surface area contributed by atoms with Crippen molar-refractivity contribution in [1.29, 1.82) is 0 Å². The average Bonchev–Trinajstić information content (AvgIpc) is 3.28. The number of hydrogen-bond acceptors (Lipinski definition) is 6. The number of ether oxygens (including phenoxy) is 2. The summed E-state index contributed by atoms with van der Waals surface area (Å²) in [6.45, 7) is 2.06. The second kappa shape index (κ2) is 6.15. The van der Waals surface area contributed by atoms with Crippen molar-refractivity contribution < 1.29 is 18.3 Å². The van der Waals surface area contributed by atoms with E-state index in [4.69, 9.17) is 0 Å². The maximum absolute atomic E-state index is 13.4. The van der Waals surface area contributed by atoms with Crippen LogP contribution in [0.3, 0.4) is 0 Å². The number of halogens is 2. The summed E-state index contributed by atoms with van der Waals surface area (Å²) >= 11 is 0. The molecule has 1 aliphatic carbocycles. The van der Waals surface area contributed by atoms with Gasteiger partial charge in [0.15, 0.2) is 11.5 Å². The molecular formula is C21H17F2N5O4. The molecule has 3 aromatic rings. The van der Waals surface area contributed by atoms with Crippen molar-refractivity contribution in [3.05, 3.63) is 74.6 Å². The Bertz CT molecular complexity index is 1410. The molecule has 4 heterocycles. The van der Waals surface area contributed by atoms with Gasteiger partial charge in [0, 0.05) is 30.4 Å². The average molecular weight is 441 g/mol. The highest BCUT2D eigenvalue weighted by Gasteiger charge is 2.55. The lowest BCUT2D eigenvalue weighted by Crippen LogP contribution is -2.38. The number of nitrogens with one attached hydrogen (secondary N) is 2. The molecule has 32 heavy (non-hydrogen) atoms. The lowest BCUT2D eigenvalue weighted by atomic mass is 9.76. The van der Waals surface area contributed by atoms with Crippen LogP contribution in [0.5, 0.6) is 11.5 Å². The van der Waals surface area contributed by atoms with E-state index in [0.29, 0.717) is 12.1 Å². The minimum absolute atomic E-state index is 0.0158. The van der Waals surface area contributed by atoms with Crippen molar-refractivity contribution in [2.75, 3.05) is 0 Å². The lowest BCUT2D eigenvalue weighted by Gasteiger charge is -2.33. The SMILES string of the molecule is CC1([C@H]2C[C@@H]2c2ccc3c(c2)OC(F)(F)O3)CC(c2c[nH]c(=O)[nH]c2=O)=Nn2ccnc21. The minimum atomic E-state index is -3.65. The number of aromatic amines is 2. The zero-order valence-corrected chi connectivity index (χ0v) is 16.8. The normalized spacial score (nSPS) is 27.0. The molecule has 9 nitrogen and oxygen atoms in total. The van der Waals surface area contributed by atoms with E-state index >= 15 is 0 Å². The second-order valence-electron chi connectivity index (χ2n) is 8.54. The van der Waals surface area contributed by atoms with Gasteiger partial charge in [-0.25, -0.2) is 14.5 Å². The first-order valence-electron chi connectivity index (χ1n) is 10.1. The van der Waals surface area contributed by atoms with Gasteiger partial charge in [0.2, 0.25) is 0 Å². The fourth-order valence-corrected chi connectivity index (χ4v) is 4.91. The molecule has 11 heteroatoms. The van der Waals surface area contributed by atoms with Crippen LogP contribution >= 0.6 is 0 Å². The second-order valence-corrected chi connectivity index (χ2v) is 8.54. The summed E-state index contributed by atoms with van der Waals surface area (Å²) in [4.78, 5) is 33.0. The summed E-state index contributed by atoms with van der Waals surface area (Å²) in [6.07, 6.45) is 2.32. The molecule has 0 amide bonds. The van der Waals surface area contributed by atoms with E-state index in [1.54, 1.807) is 29.2 Å². The highest BCUT2D eigenvalue weighted by Crippen LogP contribution is 2.60. The number of fused-ring (bicyclic) bond motifs is 2. The molecule has 6 rings (SSSR count). The van der Waals surface area contributed by atoms with Crippen LogP contribution in [-0.2, 0) is 5.41 Å². The van der Waals surface area contributed by atoms with Crippen LogP contribution < -0.4 is 20.7 Å². The summed E-state index contributed by atoms with van der Waals surface area (Å²) in [5, 5.41) is 4.54. The van der Waals surface area contributed by atoms with Gasteiger partial charge in [0.05, 0.1) is 11.3 Å². The fourth-order valence-electron chi connectivity index (χ4n) is 4.91. The van der Waals surface area contributed by atoms with E-state index < -0.39 is 23.0 Å².